The fourth-order valence-corrected chi connectivity index (χ4v) is 3.33. The number of piperidine rings is 1. The smallest absolute Gasteiger partial charge is 0.381 e. The highest BCUT2D eigenvalue weighted by Crippen LogP contribution is 2.28. The third-order valence-corrected chi connectivity index (χ3v) is 4.43. The van der Waals surface area contributed by atoms with Crippen LogP contribution in [0, 0.1) is 5.92 Å². The number of hydrogen-bond acceptors (Lipinski definition) is 3. The molecule has 8 heteroatoms. The molecule has 2 fully saturated rings. The van der Waals surface area contributed by atoms with Gasteiger partial charge in [-0.05, 0) is 38.5 Å². The number of alkyl halides is 3. The lowest BCUT2D eigenvalue weighted by Gasteiger charge is -2.36. The van der Waals surface area contributed by atoms with Crippen LogP contribution < -0.4 is 0 Å². The van der Waals surface area contributed by atoms with Crippen molar-refractivity contribution in [2.45, 2.75) is 44.8 Å². The summed E-state index contributed by atoms with van der Waals surface area (Å²) in [5.41, 5.74) is 0. The molecule has 2 saturated heterocycles. The molecular weight excluding hydrogens is 313 g/mol. The maximum absolute atomic E-state index is 12.6. The second-order valence-corrected chi connectivity index (χ2v) is 6.11. The molecule has 0 saturated carbocycles. The van der Waals surface area contributed by atoms with Gasteiger partial charge in [0.1, 0.15) is 6.04 Å². The molecule has 2 unspecified atom stereocenters. The van der Waals surface area contributed by atoms with Crippen molar-refractivity contribution in [3.05, 3.63) is 0 Å². The number of halogens is 3. The Kier molecular flexibility index (Phi) is 5.89. The zero-order valence-corrected chi connectivity index (χ0v) is 13.3. The Morgan fingerprint density at radius 2 is 1.87 bits per heavy atom. The molecule has 2 rings (SSSR count). The van der Waals surface area contributed by atoms with E-state index in [1.54, 1.807) is 4.90 Å². The van der Waals surface area contributed by atoms with Crippen LogP contribution in [-0.2, 0) is 14.3 Å². The Labute approximate surface area is 133 Å². The zero-order chi connectivity index (χ0) is 17.0. The number of carbonyl (C=O) groups excluding carboxylic acids is 2. The van der Waals surface area contributed by atoms with Crippen LogP contribution in [0.15, 0.2) is 0 Å². The summed E-state index contributed by atoms with van der Waals surface area (Å²) in [6.45, 7) is 4.06. The molecule has 2 heterocycles. The van der Waals surface area contributed by atoms with E-state index < -0.39 is 18.1 Å². The van der Waals surface area contributed by atoms with Crippen LogP contribution >= 0.6 is 0 Å². The molecule has 132 valence electrons. The highest BCUT2D eigenvalue weighted by Gasteiger charge is 2.48. The summed E-state index contributed by atoms with van der Waals surface area (Å²) >= 11 is 0. The van der Waals surface area contributed by atoms with Gasteiger partial charge >= 0.3 is 12.1 Å². The monoisotopic (exact) mass is 336 g/mol. The third-order valence-electron chi connectivity index (χ3n) is 4.43. The number of rotatable bonds is 4. The first-order valence-corrected chi connectivity index (χ1v) is 8.09. The maximum atomic E-state index is 12.6. The first kappa shape index (κ1) is 18.0. The molecule has 0 aromatic rings. The summed E-state index contributed by atoms with van der Waals surface area (Å²) in [7, 11) is 0. The maximum Gasteiger partial charge on any atom is 0.471 e. The van der Waals surface area contributed by atoms with Gasteiger partial charge in [0, 0.05) is 26.2 Å². The molecule has 0 aromatic carbocycles. The zero-order valence-electron chi connectivity index (χ0n) is 13.3. The summed E-state index contributed by atoms with van der Waals surface area (Å²) in [4.78, 5) is 26.4. The predicted octanol–water partition coefficient (Wildman–Crippen LogP) is 1.81. The van der Waals surface area contributed by atoms with Gasteiger partial charge in [0.25, 0.3) is 0 Å². The van der Waals surface area contributed by atoms with E-state index in [0.717, 1.165) is 12.8 Å². The lowest BCUT2D eigenvalue weighted by atomic mass is 9.98. The molecular formula is C15H23F3N2O3. The minimum atomic E-state index is -4.93. The van der Waals surface area contributed by atoms with Crippen LogP contribution in [0.25, 0.3) is 0 Å². The molecule has 0 radical (unpaired) electrons. The fourth-order valence-electron chi connectivity index (χ4n) is 3.33. The Hall–Kier alpha value is -1.31. The highest BCUT2D eigenvalue weighted by molar-refractivity contribution is 5.90. The fraction of sp³-hybridized carbons (Fsp3) is 0.867. The first-order chi connectivity index (χ1) is 10.8. The van der Waals surface area contributed by atoms with Crippen molar-refractivity contribution < 1.29 is 27.5 Å². The molecule has 0 bridgehead atoms. The first-order valence-electron chi connectivity index (χ1n) is 8.09. The second kappa shape index (κ2) is 7.51. The van der Waals surface area contributed by atoms with Crippen molar-refractivity contribution >= 4 is 11.8 Å². The van der Waals surface area contributed by atoms with Gasteiger partial charge in [0.2, 0.25) is 5.91 Å². The Morgan fingerprint density at radius 1 is 1.17 bits per heavy atom. The number of carbonyl (C=O) groups is 2. The minimum Gasteiger partial charge on any atom is -0.381 e. The molecule has 2 amide bonds. The van der Waals surface area contributed by atoms with E-state index in [1.165, 1.54) is 0 Å². The van der Waals surface area contributed by atoms with Gasteiger partial charge in [0.05, 0.1) is 6.61 Å². The SMILES string of the molecule is CCOCC1CCCN(C(=O)C2CCCN2C(=O)C(F)(F)F)C1. The number of likely N-dealkylation sites (tertiary alicyclic amines) is 2. The van der Waals surface area contributed by atoms with Gasteiger partial charge in [-0.1, -0.05) is 0 Å². The minimum absolute atomic E-state index is 0.00896. The molecule has 2 atom stereocenters. The van der Waals surface area contributed by atoms with Crippen molar-refractivity contribution in [1.29, 1.82) is 0 Å². The van der Waals surface area contributed by atoms with Crippen molar-refractivity contribution in [2.75, 3.05) is 32.8 Å². The summed E-state index contributed by atoms with van der Waals surface area (Å²) in [6.07, 6.45) is -2.45. The van der Waals surface area contributed by atoms with Crippen LogP contribution in [0.3, 0.4) is 0 Å². The Bertz CT molecular complexity index is 442. The van der Waals surface area contributed by atoms with Crippen LogP contribution in [0.5, 0.6) is 0 Å². The summed E-state index contributed by atoms with van der Waals surface area (Å²) in [5, 5.41) is 0. The average molecular weight is 336 g/mol. The lowest BCUT2D eigenvalue weighted by Crippen LogP contribution is -2.53. The molecule has 0 N–H and O–H groups in total. The summed E-state index contributed by atoms with van der Waals surface area (Å²) in [6, 6.07) is -0.977. The van der Waals surface area contributed by atoms with Crippen LogP contribution in [0.4, 0.5) is 13.2 Å². The van der Waals surface area contributed by atoms with E-state index in [1.807, 2.05) is 6.92 Å². The highest BCUT2D eigenvalue weighted by atomic mass is 19.4. The molecule has 2 aliphatic heterocycles. The van der Waals surface area contributed by atoms with Crippen LogP contribution in [0.1, 0.15) is 32.6 Å². The van der Waals surface area contributed by atoms with Crippen molar-refractivity contribution in [3.63, 3.8) is 0 Å². The van der Waals surface area contributed by atoms with Crippen LogP contribution in [0.2, 0.25) is 0 Å². The predicted molar refractivity (Wildman–Crippen MR) is 76.6 cm³/mol. The Morgan fingerprint density at radius 3 is 2.52 bits per heavy atom. The van der Waals surface area contributed by atoms with Crippen molar-refractivity contribution in [3.8, 4) is 0 Å². The van der Waals surface area contributed by atoms with Gasteiger partial charge in [-0.3, -0.25) is 9.59 Å². The second-order valence-electron chi connectivity index (χ2n) is 6.11. The van der Waals surface area contributed by atoms with E-state index in [4.69, 9.17) is 4.74 Å². The molecule has 0 aromatic heterocycles. The van der Waals surface area contributed by atoms with Gasteiger partial charge in [-0.2, -0.15) is 13.2 Å². The summed E-state index contributed by atoms with van der Waals surface area (Å²) < 4.78 is 43.3. The van der Waals surface area contributed by atoms with E-state index in [9.17, 15) is 22.8 Å². The molecule has 0 aliphatic carbocycles. The van der Waals surface area contributed by atoms with Gasteiger partial charge in [-0.15, -0.1) is 0 Å². The van der Waals surface area contributed by atoms with Crippen molar-refractivity contribution in [2.24, 2.45) is 5.92 Å². The molecule has 2 aliphatic rings. The standard InChI is InChI=1S/C15H23F3N2O3/c1-2-23-10-11-5-3-7-19(9-11)13(21)12-6-4-8-20(12)14(22)15(16,17)18/h11-12H,2-10H2,1H3. The van der Waals surface area contributed by atoms with Gasteiger partial charge in [0.15, 0.2) is 0 Å². The van der Waals surface area contributed by atoms with E-state index >= 15 is 0 Å². The quantitative estimate of drug-likeness (QED) is 0.787. The summed E-state index contributed by atoms with van der Waals surface area (Å²) in [5.74, 6) is -2.06. The number of ether oxygens (including phenoxy) is 1. The van der Waals surface area contributed by atoms with Crippen molar-refractivity contribution in [1.82, 2.24) is 9.80 Å². The number of nitrogens with zero attached hydrogens (tertiary/aromatic N) is 2. The van der Waals surface area contributed by atoms with Crippen LogP contribution in [-0.4, -0.2) is 66.7 Å². The van der Waals surface area contributed by atoms with E-state index in [0.29, 0.717) is 44.0 Å². The number of hydrogen-bond donors (Lipinski definition) is 0. The Balaban J connectivity index is 1.99. The third kappa shape index (κ3) is 4.37. The van der Waals surface area contributed by atoms with E-state index in [2.05, 4.69) is 0 Å². The normalized spacial score (nSPS) is 25.7. The average Bonchev–Trinajstić information content (AvgIpc) is 3.00. The number of amides is 2. The molecule has 0 spiro atoms. The van der Waals surface area contributed by atoms with Gasteiger partial charge < -0.3 is 14.5 Å². The van der Waals surface area contributed by atoms with E-state index in [-0.39, 0.29) is 18.4 Å². The van der Waals surface area contributed by atoms with Gasteiger partial charge in [-0.25, -0.2) is 0 Å². The topological polar surface area (TPSA) is 49.9 Å². The lowest BCUT2D eigenvalue weighted by molar-refractivity contribution is -0.187. The molecule has 23 heavy (non-hydrogen) atoms. The molecule has 5 nitrogen and oxygen atoms in total. The largest absolute Gasteiger partial charge is 0.471 e.